The third-order valence-corrected chi connectivity index (χ3v) is 1.11. The van der Waals surface area contributed by atoms with E-state index in [-0.39, 0.29) is 0 Å². The molecule has 0 saturated heterocycles. The summed E-state index contributed by atoms with van der Waals surface area (Å²) in [4.78, 5) is 4.04. The Morgan fingerprint density at radius 2 is 2.25 bits per heavy atom. The van der Waals surface area contributed by atoms with Crippen molar-refractivity contribution in [3.05, 3.63) is 24.9 Å². The smallest absolute Gasteiger partial charge is 0.150 e. The molecule has 0 amide bonds. The molecule has 66 valence electrons. The fraction of sp³-hybridized carbons (Fsp3) is 0.333. The Balaban J connectivity index is 0.000000561. The maximum Gasteiger partial charge on any atom is 0.150 e. The molecule has 1 rings (SSSR count). The topological polar surface area (TPSA) is 30.2 Å². The number of aliphatic imine (C=N–C) groups is 1. The second-order valence-corrected chi connectivity index (χ2v) is 1.83. The summed E-state index contributed by atoms with van der Waals surface area (Å²) in [5.41, 5.74) is 0. The van der Waals surface area contributed by atoms with E-state index in [0.717, 1.165) is 5.82 Å². The zero-order chi connectivity index (χ0) is 9.40. The lowest BCUT2D eigenvalue weighted by molar-refractivity contribution is 0.771. The van der Waals surface area contributed by atoms with E-state index >= 15 is 0 Å². The number of nitrogens with zero attached hydrogens (tertiary/aromatic N) is 3. The Kier molecular flexibility index (Phi) is 5.61. The Bertz CT molecular complexity index is 248. The summed E-state index contributed by atoms with van der Waals surface area (Å²) in [5.74, 6) is 0.833. The molecule has 0 aliphatic rings. The van der Waals surface area contributed by atoms with E-state index in [1.54, 1.807) is 23.2 Å². The van der Waals surface area contributed by atoms with E-state index in [4.69, 9.17) is 0 Å². The van der Waals surface area contributed by atoms with Gasteiger partial charge in [-0.25, -0.2) is 4.99 Å². The molecule has 0 aliphatic heterocycles. The molecule has 0 fully saturated rings. The lowest BCUT2D eigenvalue weighted by atomic mass is 10.6. The van der Waals surface area contributed by atoms with Crippen LogP contribution < -0.4 is 0 Å². The predicted octanol–water partition coefficient (Wildman–Crippen LogP) is 2.33. The molecule has 0 aliphatic carbocycles. The average Bonchev–Trinajstić information content (AvgIpc) is 2.51. The molecule has 1 heterocycles. The minimum atomic E-state index is 0.833. The van der Waals surface area contributed by atoms with Gasteiger partial charge < -0.3 is 0 Å². The van der Waals surface area contributed by atoms with Crippen molar-refractivity contribution in [2.45, 2.75) is 13.8 Å². The summed E-state index contributed by atoms with van der Waals surface area (Å²) in [6.07, 6.45) is 4.97. The number of hydrogen-bond acceptors (Lipinski definition) is 2. The molecule has 0 radical (unpaired) electrons. The second kappa shape index (κ2) is 6.34. The molecular formula is C9H15N3. The number of allylic oxidation sites excluding steroid dienone is 1. The van der Waals surface area contributed by atoms with Crippen LogP contribution in [-0.2, 0) is 7.05 Å². The lowest BCUT2D eigenvalue weighted by Crippen LogP contribution is -1.87. The first-order chi connectivity index (χ1) is 5.84. The highest BCUT2D eigenvalue weighted by molar-refractivity contribution is 5.72. The van der Waals surface area contributed by atoms with Gasteiger partial charge in [-0.15, -0.1) is 0 Å². The monoisotopic (exact) mass is 165 g/mol. The summed E-state index contributed by atoms with van der Waals surface area (Å²) in [6.45, 7) is 7.51. The molecule has 0 unspecified atom stereocenters. The van der Waals surface area contributed by atoms with Gasteiger partial charge in [0.15, 0.2) is 0 Å². The summed E-state index contributed by atoms with van der Waals surface area (Å²) < 4.78 is 1.69. The van der Waals surface area contributed by atoms with E-state index in [1.165, 1.54) is 0 Å². The van der Waals surface area contributed by atoms with E-state index < -0.39 is 0 Å². The minimum Gasteiger partial charge on any atom is -0.251 e. The molecule has 0 aromatic carbocycles. The van der Waals surface area contributed by atoms with Gasteiger partial charge in [-0.2, -0.15) is 5.10 Å². The normalized spacial score (nSPS) is 9.25. The first-order valence-corrected chi connectivity index (χ1v) is 3.97. The highest BCUT2D eigenvalue weighted by Crippen LogP contribution is 2.06. The molecule has 0 atom stereocenters. The lowest BCUT2D eigenvalue weighted by Gasteiger charge is -1.90. The minimum absolute atomic E-state index is 0.833. The van der Waals surface area contributed by atoms with Gasteiger partial charge in [-0.05, 0) is 0 Å². The Hall–Kier alpha value is -1.38. The van der Waals surface area contributed by atoms with Crippen molar-refractivity contribution < 1.29 is 0 Å². The summed E-state index contributed by atoms with van der Waals surface area (Å²) in [5, 5.41) is 3.94. The van der Waals surface area contributed by atoms with Crippen LogP contribution in [0.1, 0.15) is 13.8 Å². The average molecular weight is 165 g/mol. The van der Waals surface area contributed by atoms with Gasteiger partial charge in [0, 0.05) is 19.3 Å². The van der Waals surface area contributed by atoms with Gasteiger partial charge in [-0.1, -0.05) is 26.5 Å². The van der Waals surface area contributed by atoms with Crippen LogP contribution in [0.2, 0.25) is 0 Å². The molecule has 0 saturated carbocycles. The number of hydrogen-bond donors (Lipinski definition) is 0. The van der Waals surface area contributed by atoms with Crippen LogP contribution in [0.4, 0.5) is 5.82 Å². The van der Waals surface area contributed by atoms with Crippen molar-refractivity contribution >= 4 is 12.0 Å². The van der Waals surface area contributed by atoms with E-state index in [2.05, 4.69) is 16.7 Å². The zero-order valence-electron chi connectivity index (χ0n) is 7.86. The van der Waals surface area contributed by atoms with Crippen LogP contribution in [0.25, 0.3) is 0 Å². The van der Waals surface area contributed by atoms with E-state index in [1.807, 2.05) is 27.0 Å². The molecule has 0 spiro atoms. The van der Waals surface area contributed by atoms with E-state index in [0.29, 0.717) is 0 Å². The standard InChI is InChI=1S/C7H9N3.C2H6/c1-3-5-8-7-4-6-9-10(7)2;1-2/h3-6H,1H2,2H3;1-2H3/b8-5-;. The van der Waals surface area contributed by atoms with Crippen molar-refractivity contribution in [3.63, 3.8) is 0 Å². The highest BCUT2D eigenvalue weighted by Gasteiger charge is 1.89. The Morgan fingerprint density at radius 3 is 2.67 bits per heavy atom. The van der Waals surface area contributed by atoms with E-state index in [9.17, 15) is 0 Å². The third-order valence-electron chi connectivity index (χ3n) is 1.11. The quantitative estimate of drug-likeness (QED) is 0.618. The molecule has 3 nitrogen and oxygen atoms in total. The summed E-state index contributed by atoms with van der Waals surface area (Å²) in [6, 6.07) is 1.83. The predicted molar refractivity (Wildman–Crippen MR) is 52.9 cm³/mol. The van der Waals surface area contributed by atoms with Crippen molar-refractivity contribution in [2.24, 2.45) is 12.0 Å². The molecule has 1 aromatic rings. The molecule has 12 heavy (non-hydrogen) atoms. The SMILES string of the molecule is C=C/C=N\c1ccnn1C.CC. The number of aromatic nitrogens is 2. The van der Waals surface area contributed by atoms with Crippen LogP contribution in [0, 0.1) is 0 Å². The molecule has 1 aromatic heterocycles. The van der Waals surface area contributed by atoms with Gasteiger partial charge in [0.05, 0.1) is 6.20 Å². The Morgan fingerprint density at radius 1 is 1.58 bits per heavy atom. The second-order valence-electron chi connectivity index (χ2n) is 1.83. The van der Waals surface area contributed by atoms with Crippen LogP contribution in [0.5, 0.6) is 0 Å². The zero-order valence-corrected chi connectivity index (χ0v) is 7.86. The molecule has 0 N–H and O–H groups in total. The fourth-order valence-electron chi connectivity index (χ4n) is 0.623. The summed E-state index contributed by atoms with van der Waals surface area (Å²) >= 11 is 0. The van der Waals surface area contributed by atoms with Crippen molar-refractivity contribution in [2.75, 3.05) is 0 Å². The van der Waals surface area contributed by atoms with Gasteiger partial charge in [-0.3, -0.25) is 4.68 Å². The summed E-state index contributed by atoms with van der Waals surface area (Å²) in [7, 11) is 1.84. The molecule has 0 bridgehead atoms. The van der Waals surface area contributed by atoms with Gasteiger partial charge in [0.25, 0.3) is 0 Å². The fourth-order valence-corrected chi connectivity index (χ4v) is 0.623. The molecular weight excluding hydrogens is 150 g/mol. The van der Waals surface area contributed by atoms with Crippen LogP contribution in [-0.4, -0.2) is 16.0 Å². The van der Waals surface area contributed by atoms with Crippen LogP contribution in [0.3, 0.4) is 0 Å². The van der Waals surface area contributed by atoms with Crippen molar-refractivity contribution in [1.82, 2.24) is 9.78 Å². The largest absolute Gasteiger partial charge is 0.251 e. The van der Waals surface area contributed by atoms with Crippen molar-refractivity contribution in [1.29, 1.82) is 0 Å². The maximum atomic E-state index is 4.04. The van der Waals surface area contributed by atoms with Gasteiger partial charge >= 0.3 is 0 Å². The first kappa shape index (κ1) is 10.6. The molecule has 3 heteroatoms. The van der Waals surface area contributed by atoms with Gasteiger partial charge in [0.2, 0.25) is 0 Å². The Labute approximate surface area is 73.4 Å². The highest BCUT2D eigenvalue weighted by atomic mass is 15.3. The number of rotatable bonds is 2. The maximum absolute atomic E-state index is 4.04. The third kappa shape index (κ3) is 3.14. The van der Waals surface area contributed by atoms with Gasteiger partial charge in [0.1, 0.15) is 5.82 Å². The van der Waals surface area contributed by atoms with Crippen molar-refractivity contribution in [3.8, 4) is 0 Å². The van der Waals surface area contributed by atoms with Crippen LogP contribution in [0.15, 0.2) is 29.9 Å². The van der Waals surface area contributed by atoms with Crippen LogP contribution >= 0.6 is 0 Å². The first-order valence-electron chi connectivity index (χ1n) is 3.97. The number of aryl methyl sites for hydroxylation is 1.